The van der Waals surface area contributed by atoms with Crippen molar-refractivity contribution >= 4 is 23.6 Å². The van der Waals surface area contributed by atoms with Gasteiger partial charge in [-0.15, -0.1) is 11.8 Å². The molecule has 0 radical (unpaired) electrons. The van der Waals surface area contributed by atoms with Gasteiger partial charge in [-0.2, -0.15) is 0 Å². The Labute approximate surface area is 111 Å². The first-order chi connectivity index (χ1) is 8.49. The van der Waals surface area contributed by atoms with Gasteiger partial charge in [0.15, 0.2) is 0 Å². The third-order valence-electron chi connectivity index (χ3n) is 2.37. The second-order valence-corrected chi connectivity index (χ2v) is 5.17. The fraction of sp³-hybridized carbons (Fsp3) is 0.385. The van der Waals surface area contributed by atoms with Crippen molar-refractivity contribution in [1.29, 1.82) is 0 Å². The number of aryl methyl sites for hydroxylation is 2. The van der Waals surface area contributed by atoms with Crippen molar-refractivity contribution in [2.45, 2.75) is 25.2 Å². The number of carbonyl (C=O) groups is 2. The first-order valence-corrected chi connectivity index (χ1v) is 6.66. The van der Waals surface area contributed by atoms with E-state index in [0.717, 1.165) is 0 Å². The Hall–Kier alpha value is -1.49. The first kappa shape index (κ1) is 14.6. The molecule has 0 fully saturated rings. The fourth-order valence-corrected chi connectivity index (χ4v) is 2.45. The van der Waals surface area contributed by atoms with Crippen molar-refractivity contribution in [3.05, 3.63) is 29.3 Å². The van der Waals surface area contributed by atoms with Gasteiger partial charge in [0.2, 0.25) is 5.91 Å². The van der Waals surface area contributed by atoms with E-state index < -0.39 is 5.97 Å². The lowest BCUT2D eigenvalue weighted by Gasteiger charge is -2.06. The van der Waals surface area contributed by atoms with E-state index in [9.17, 15) is 9.59 Å². The molecule has 0 bridgehead atoms. The van der Waals surface area contributed by atoms with Gasteiger partial charge in [0.05, 0.1) is 0 Å². The average molecular weight is 267 g/mol. The van der Waals surface area contributed by atoms with Crippen molar-refractivity contribution in [1.82, 2.24) is 5.32 Å². The van der Waals surface area contributed by atoms with E-state index in [-0.39, 0.29) is 12.5 Å². The molecule has 0 unspecified atom stereocenters. The highest BCUT2D eigenvalue weighted by Gasteiger charge is 2.05. The molecule has 1 aromatic carbocycles. The summed E-state index contributed by atoms with van der Waals surface area (Å²) in [7, 11) is 0. The van der Waals surface area contributed by atoms with Gasteiger partial charge >= 0.3 is 5.97 Å². The monoisotopic (exact) mass is 267 g/mol. The summed E-state index contributed by atoms with van der Waals surface area (Å²) in [6.07, 6.45) is 0.325. The Balaban J connectivity index is 2.35. The Morgan fingerprint density at radius 3 is 2.72 bits per heavy atom. The molecule has 18 heavy (non-hydrogen) atoms. The van der Waals surface area contributed by atoms with Crippen LogP contribution in [0.2, 0.25) is 0 Å². The van der Waals surface area contributed by atoms with Gasteiger partial charge in [0.25, 0.3) is 0 Å². The number of amides is 1. The van der Waals surface area contributed by atoms with Crippen LogP contribution in [-0.4, -0.2) is 29.3 Å². The number of benzene rings is 1. The molecule has 0 aliphatic rings. The number of carboxylic acid groups (broad SMARTS) is 1. The molecular weight excluding hydrogens is 250 g/mol. The lowest BCUT2D eigenvalue weighted by atomic mass is 10.2. The molecule has 1 aromatic rings. The maximum Gasteiger partial charge on any atom is 0.322 e. The van der Waals surface area contributed by atoms with E-state index in [1.807, 2.05) is 13.8 Å². The first-order valence-electron chi connectivity index (χ1n) is 5.67. The summed E-state index contributed by atoms with van der Waals surface area (Å²) in [4.78, 5) is 22.7. The minimum atomic E-state index is -1.02. The number of aliphatic carboxylic acids is 1. The molecule has 0 aliphatic carbocycles. The van der Waals surface area contributed by atoms with E-state index >= 15 is 0 Å². The van der Waals surface area contributed by atoms with Crippen molar-refractivity contribution in [2.24, 2.45) is 0 Å². The SMILES string of the molecule is Cc1ccc(C)c(SCCC(=O)NCC(=O)O)c1. The van der Waals surface area contributed by atoms with Crippen molar-refractivity contribution in [3.63, 3.8) is 0 Å². The molecule has 0 heterocycles. The summed E-state index contributed by atoms with van der Waals surface area (Å²) < 4.78 is 0. The van der Waals surface area contributed by atoms with Crippen LogP contribution in [0.1, 0.15) is 17.5 Å². The summed E-state index contributed by atoms with van der Waals surface area (Å²) >= 11 is 1.62. The van der Waals surface area contributed by atoms with Crippen molar-refractivity contribution in [2.75, 3.05) is 12.3 Å². The van der Waals surface area contributed by atoms with Crippen LogP contribution in [-0.2, 0) is 9.59 Å². The smallest absolute Gasteiger partial charge is 0.322 e. The van der Waals surface area contributed by atoms with Gasteiger partial charge in [0, 0.05) is 17.1 Å². The molecule has 0 aromatic heterocycles. The molecule has 2 N–H and O–H groups in total. The minimum absolute atomic E-state index is 0.227. The zero-order valence-corrected chi connectivity index (χ0v) is 11.3. The van der Waals surface area contributed by atoms with Gasteiger partial charge in [-0.25, -0.2) is 0 Å². The number of carboxylic acids is 1. The molecule has 4 nitrogen and oxygen atoms in total. The normalized spacial score (nSPS) is 10.1. The summed E-state index contributed by atoms with van der Waals surface area (Å²) in [6.45, 7) is 3.75. The molecule has 0 aliphatic heterocycles. The highest BCUT2D eigenvalue weighted by molar-refractivity contribution is 7.99. The van der Waals surface area contributed by atoms with Crippen LogP contribution in [0.5, 0.6) is 0 Å². The van der Waals surface area contributed by atoms with Gasteiger partial charge in [-0.05, 0) is 25.5 Å². The van der Waals surface area contributed by atoms with Gasteiger partial charge in [-0.3, -0.25) is 9.59 Å². The van der Waals surface area contributed by atoms with E-state index in [4.69, 9.17) is 5.11 Å². The second kappa shape index (κ2) is 7.06. The number of rotatable bonds is 6. The van der Waals surface area contributed by atoms with Crippen LogP contribution in [0.3, 0.4) is 0 Å². The van der Waals surface area contributed by atoms with E-state index in [1.165, 1.54) is 16.0 Å². The van der Waals surface area contributed by atoms with Crippen LogP contribution in [0, 0.1) is 13.8 Å². The molecular formula is C13H17NO3S. The summed E-state index contributed by atoms with van der Waals surface area (Å²) in [5, 5.41) is 10.8. The van der Waals surface area contributed by atoms with Crippen LogP contribution in [0.4, 0.5) is 0 Å². The number of nitrogens with one attached hydrogen (secondary N) is 1. The molecule has 1 amide bonds. The molecule has 0 spiro atoms. The largest absolute Gasteiger partial charge is 0.480 e. The molecule has 98 valence electrons. The number of hydrogen-bond donors (Lipinski definition) is 2. The second-order valence-electron chi connectivity index (χ2n) is 4.04. The summed E-state index contributed by atoms with van der Waals surface area (Å²) in [6, 6.07) is 6.20. The third kappa shape index (κ3) is 5.23. The molecule has 5 heteroatoms. The van der Waals surface area contributed by atoms with Gasteiger partial charge in [0.1, 0.15) is 6.54 Å². The zero-order chi connectivity index (χ0) is 13.5. The standard InChI is InChI=1S/C13H17NO3S/c1-9-3-4-10(2)11(7-9)18-6-5-12(15)14-8-13(16)17/h3-4,7H,5-6,8H2,1-2H3,(H,14,15)(H,16,17). The minimum Gasteiger partial charge on any atom is -0.480 e. The lowest BCUT2D eigenvalue weighted by Crippen LogP contribution is -2.29. The van der Waals surface area contributed by atoms with Crippen LogP contribution < -0.4 is 5.32 Å². The number of hydrogen-bond acceptors (Lipinski definition) is 3. The Morgan fingerprint density at radius 2 is 2.06 bits per heavy atom. The highest BCUT2D eigenvalue weighted by atomic mass is 32.2. The molecule has 0 saturated heterocycles. The van der Waals surface area contributed by atoms with Crippen LogP contribution >= 0.6 is 11.8 Å². The van der Waals surface area contributed by atoms with E-state index in [1.54, 1.807) is 11.8 Å². The fourth-order valence-electron chi connectivity index (χ4n) is 1.38. The third-order valence-corrected chi connectivity index (χ3v) is 3.53. The Morgan fingerprint density at radius 1 is 1.33 bits per heavy atom. The Kier molecular flexibility index (Phi) is 5.71. The summed E-state index contributed by atoms with van der Waals surface area (Å²) in [5.41, 5.74) is 2.38. The van der Waals surface area contributed by atoms with E-state index in [2.05, 4.69) is 23.5 Å². The summed E-state index contributed by atoms with van der Waals surface area (Å²) in [5.74, 6) is -0.601. The van der Waals surface area contributed by atoms with Gasteiger partial charge < -0.3 is 10.4 Å². The Bertz CT molecular complexity index is 446. The maximum atomic E-state index is 11.3. The molecule has 1 rings (SSSR count). The highest BCUT2D eigenvalue weighted by Crippen LogP contribution is 2.23. The zero-order valence-electron chi connectivity index (χ0n) is 10.5. The number of thioether (sulfide) groups is 1. The molecule has 0 atom stereocenters. The predicted octanol–water partition coefficient (Wildman–Crippen LogP) is 1.99. The van der Waals surface area contributed by atoms with Crippen molar-refractivity contribution < 1.29 is 14.7 Å². The van der Waals surface area contributed by atoms with Crippen molar-refractivity contribution in [3.8, 4) is 0 Å². The lowest BCUT2D eigenvalue weighted by molar-refractivity contribution is -0.137. The maximum absolute atomic E-state index is 11.3. The quantitative estimate of drug-likeness (QED) is 0.774. The molecule has 0 saturated carbocycles. The number of carbonyl (C=O) groups excluding carboxylic acids is 1. The topological polar surface area (TPSA) is 66.4 Å². The van der Waals surface area contributed by atoms with E-state index in [0.29, 0.717) is 12.2 Å². The van der Waals surface area contributed by atoms with Crippen LogP contribution in [0.25, 0.3) is 0 Å². The van der Waals surface area contributed by atoms with Crippen LogP contribution in [0.15, 0.2) is 23.1 Å². The average Bonchev–Trinajstić information content (AvgIpc) is 2.31. The predicted molar refractivity (Wildman–Crippen MR) is 71.9 cm³/mol. The van der Waals surface area contributed by atoms with Gasteiger partial charge in [-0.1, -0.05) is 17.7 Å².